The van der Waals surface area contributed by atoms with Crippen molar-refractivity contribution in [3.63, 3.8) is 0 Å². The summed E-state index contributed by atoms with van der Waals surface area (Å²) in [5, 5.41) is 11.6. The molecule has 1 saturated heterocycles. The highest BCUT2D eigenvalue weighted by molar-refractivity contribution is 5.90. The highest BCUT2D eigenvalue weighted by atomic mass is 19.4. The number of nitrogens with zero attached hydrogens (tertiary/aromatic N) is 2. The average molecular weight is 345 g/mol. The van der Waals surface area contributed by atoms with Crippen molar-refractivity contribution in [2.75, 3.05) is 18.4 Å². The molecule has 2 N–H and O–H groups in total. The number of amides is 2. The van der Waals surface area contributed by atoms with E-state index in [-0.39, 0.29) is 23.8 Å². The monoisotopic (exact) mass is 345 g/mol. The van der Waals surface area contributed by atoms with E-state index in [9.17, 15) is 22.8 Å². The van der Waals surface area contributed by atoms with Crippen LogP contribution < -0.4 is 5.32 Å². The molecule has 1 aliphatic rings. The standard InChI is InChI=1S/C15H18F3N3O3/c1-8-5-10(13(22)23)7-21(6-8)14(24)20-11-3-4-12(15(16,17)18)19-9(11)2/h3-4,8,10H,5-7H2,1-2H3,(H,20,24)(H,22,23). The number of hydrogen-bond donors (Lipinski definition) is 2. The minimum atomic E-state index is -4.55. The normalized spacial score (nSPS) is 21.5. The molecule has 1 aromatic rings. The highest BCUT2D eigenvalue weighted by Gasteiger charge is 2.34. The predicted molar refractivity (Wildman–Crippen MR) is 79.5 cm³/mol. The van der Waals surface area contributed by atoms with Crippen LogP contribution in [0, 0.1) is 18.8 Å². The smallest absolute Gasteiger partial charge is 0.433 e. The number of aliphatic carboxylic acids is 1. The molecule has 1 fully saturated rings. The van der Waals surface area contributed by atoms with E-state index in [0.717, 1.165) is 12.1 Å². The summed E-state index contributed by atoms with van der Waals surface area (Å²) < 4.78 is 37.8. The number of piperidine rings is 1. The van der Waals surface area contributed by atoms with Crippen LogP contribution in [0.4, 0.5) is 23.7 Å². The number of carboxylic acid groups (broad SMARTS) is 1. The number of aromatic nitrogens is 1. The van der Waals surface area contributed by atoms with Gasteiger partial charge in [-0.25, -0.2) is 9.78 Å². The molecule has 0 aliphatic carbocycles. The fourth-order valence-electron chi connectivity index (χ4n) is 2.74. The Morgan fingerprint density at radius 1 is 1.33 bits per heavy atom. The van der Waals surface area contributed by atoms with Gasteiger partial charge in [0.15, 0.2) is 0 Å². The molecular formula is C15H18F3N3O3. The number of aryl methyl sites for hydroxylation is 1. The van der Waals surface area contributed by atoms with Crippen molar-refractivity contribution in [3.8, 4) is 0 Å². The number of urea groups is 1. The summed E-state index contributed by atoms with van der Waals surface area (Å²) in [5.74, 6) is -1.59. The van der Waals surface area contributed by atoms with E-state index in [0.29, 0.717) is 13.0 Å². The summed E-state index contributed by atoms with van der Waals surface area (Å²) in [6.07, 6.45) is -4.07. The van der Waals surface area contributed by atoms with E-state index in [2.05, 4.69) is 10.3 Å². The maximum atomic E-state index is 12.6. The number of anilines is 1. The lowest BCUT2D eigenvalue weighted by atomic mass is 9.91. The van der Waals surface area contributed by atoms with Gasteiger partial charge in [-0.1, -0.05) is 6.92 Å². The van der Waals surface area contributed by atoms with Gasteiger partial charge in [0.05, 0.1) is 17.3 Å². The molecule has 132 valence electrons. The van der Waals surface area contributed by atoms with Gasteiger partial charge < -0.3 is 15.3 Å². The third-order valence-electron chi connectivity index (χ3n) is 3.91. The Kier molecular flexibility index (Phi) is 5.00. The Bertz CT molecular complexity index is 649. The van der Waals surface area contributed by atoms with E-state index in [1.54, 1.807) is 0 Å². The summed E-state index contributed by atoms with van der Waals surface area (Å²) in [6.45, 7) is 3.67. The third kappa shape index (κ3) is 4.15. The number of nitrogens with one attached hydrogen (secondary N) is 1. The van der Waals surface area contributed by atoms with E-state index >= 15 is 0 Å². The molecule has 9 heteroatoms. The number of carbonyl (C=O) groups excluding carboxylic acids is 1. The largest absolute Gasteiger partial charge is 0.481 e. The number of carboxylic acids is 1. The summed E-state index contributed by atoms with van der Waals surface area (Å²) >= 11 is 0. The first-order valence-corrected chi connectivity index (χ1v) is 7.41. The number of pyridine rings is 1. The Balaban J connectivity index is 2.10. The number of halogens is 3. The first-order chi connectivity index (χ1) is 11.1. The molecular weight excluding hydrogens is 327 g/mol. The zero-order chi connectivity index (χ0) is 18.1. The van der Waals surface area contributed by atoms with Crippen molar-refractivity contribution < 1.29 is 27.9 Å². The quantitative estimate of drug-likeness (QED) is 0.863. The van der Waals surface area contributed by atoms with Crippen LogP contribution in [0.2, 0.25) is 0 Å². The van der Waals surface area contributed by atoms with Crippen LogP contribution in [0.15, 0.2) is 12.1 Å². The molecule has 0 bridgehead atoms. The molecule has 2 heterocycles. The van der Waals surface area contributed by atoms with Crippen LogP contribution >= 0.6 is 0 Å². The molecule has 2 amide bonds. The fourth-order valence-corrected chi connectivity index (χ4v) is 2.74. The average Bonchev–Trinajstić information content (AvgIpc) is 2.47. The van der Waals surface area contributed by atoms with E-state index in [1.807, 2.05) is 6.92 Å². The molecule has 2 rings (SSSR count). The zero-order valence-corrected chi connectivity index (χ0v) is 13.2. The molecule has 1 aromatic heterocycles. The second kappa shape index (κ2) is 6.66. The number of hydrogen-bond acceptors (Lipinski definition) is 3. The maximum Gasteiger partial charge on any atom is 0.433 e. The van der Waals surface area contributed by atoms with Crippen LogP contribution in [0.25, 0.3) is 0 Å². The lowest BCUT2D eigenvalue weighted by Gasteiger charge is -2.34. The van der Waals surface area contributed by atoms with Gasteiger partial charge in [0.2, 0.25) is 0 Å². The first kappa shape index (κ1) is 18.0. The SMILES string of the molecule is Cc1nc(C(F)(F)F)ccc1NC(=O)N1CC(C)CC(C(=O)O)C1. The minimum absolute atomic E-state index is 0.0254. The third-order valence-corrected chi connectivity index (χ3v) is 3.91. The Labute approximate surface area is 136 Å². The first-order valence-electron chi connectivity index (χ1n) is 7.41. The van der Waals surface area contributed by atoms with Gasteiger partial charge in [-0.05, 0) is 31.4 Å². The summed E-state index contributed by atoms with van der Waals surface area (Å²) in [4.78, 5) is 28.2. The Morgan fingerprint density at radius 3 is 2.54 bits per heavy atom. The lowest BCUT2D eigenvalue weighted by Crippen LogP contribution is -2.47. The van der Waals surface area contributed by atoms with Crippen molar-refractivity contribution in [2.24, 2.45) is 11.8 Å². The van der Waals surface area contributed by atoms with Gasteiger partial charge in [0.1, 0.15) is 5.69 Å². The van der Waals surface area contributed by atoms with Crippen molar-refractivity contribution >= 4 is 17.7 Å². The van der Waals surface area contributed by atoms with Crippen molar-refractivity contribution in [1.29, 1.82) is 0 Å². The fraction of sp³-hybridized carbons (Fsp3) is 0.533. The molecule has 0 saturated carbocycles. The van der Waals surface area contributed by atoms with E-state index < -0.39 is 29.8 Å². The van der Waals surface area contributed by atoms with Crippen LogP contribution in [-0.2, 0) is 11.0 Å². The van der Waals surface area contributed by atoms with Gasteiger partial charge >= 0.3 is 18.2 Å². The number of alkyl halides is 3. The van der Waals surface area contributed by atoms with Gasteiger partial charge in [0, 0.05) is 13.1 Å². The highest BCUT2D eigenvalue weighted by Crippen LogP contribution is 2.29. The number of likely N-dealkylation sites (tertiary alicyclic amines) is 1. The Hall–Kier alpha value is -2.32. The van der Waals surface area contributed by atoms with Gasteiger partial charge in [-0.15, -0.1) is 0 Å². The van der Waals surface area contributed by atoms with Crippen LogP contribution in [0.1, 0.15) is 24.7 Å². The van der Waals surface area contributed by atoms with E-state index in [4.69, 9.17) is 5.11 Å². The van der Waals surface area contributed by atoms with Gasteiger partial charge in [-0.3, -0.25) is 4.79 Å². The maximum absolute atomic E-state index is 12.6. The predicted octanol–water partition coefficient (Wildman–Crippen LogP) is 2.98. The molecule has 1 aliphatic heterocycles. The molecule has 24 heavy (non-hydrogen) atoms. The van der Waals surface area contributed by atoms with Gasteiger partial charge in [0.25, 0.3) is 0 Å². The number of carbonyl (C=O) groups is 2. The number of rotatable bonds is 2. The van der Waals surface area contributed by atoms with Crippen LogP contribution in [0.3, 0.4) is 0 Å². The zero-order valence-electron chi connectivity index (χ0n) is 13.2. The summed E-state index contributed by atoms with van der Waals surface area (Å²) in [7, 11) is 0. The van der Waals surface area contributed by atoms with Crippen molar-refractivity contribution in [2.45, 2.75) is 26.4 Å². The van der Waals surface area contributed by atoms with Crippen LogP contribution in [0.5, 0.6) is 0 Å². The summed E-state index contributed by atoms with van der Waals surface area (Å²) in [5.41, 5.74) is -0.827. The molecule has 2 atom stereocenters. The van der Waals surface area contributed by atoms with Gasteiger partial charge in [-0.2, -0.15) is 13.2 Å². The van der Waals surface area contributed by atoms with E-state index in [1.165, 1.54) is 11.8 Å². The summed E-state index contributed by atoms with van der Waals surface area (Å²) in [6, 6.07) is 1.39. The van der Waals surface area contributed by atoms with Crippen molar-refractivity contribution in [1.82, 2.24) is 9.88 Å². The topological polar surface area (TPSA) is 82.5 Å². The second-order valence-corrected chi connectivity index (χ2v) is 6.04. The second-order valence-electron chi connectivity index (χ2n) is 6.04. The molecule has 0 radical (unpaired) electrons. The minimum Gasteiger partial charge on any atom is -0.481 e. The molecule has 0 spiro atoms. The Morgan fingerprint density at radius 2 is 2.00 bits per heavy atom. The van der Waals surface area contributed by atoms with Crippen LogP contribution in [-0.4, -0.2) is 40.1 Å². The lowest BCUT2D eigenvalue weighted by molar-refractivity contribution is -0.144. The molecule has 6 nitrogen and oxygen atoms in total. The molecule has 0 aromatic carbocycles. The van der Waals surface area contributed by atoms with Crippen molar-refractivity contribution in [3.05, 3.63) is 23.5 Å². The molecule has 2 unspecified atom stereocenters.